The molecule has 0 saturated heterocycles. The van der Waals surface area contributed by atoms with E-state index in [1.165, 1.54) is 0 Å². The number of halogens is 2. The third-order valence-electron chi connectivity index (χ3n) is 2.50. The number of pyridine rings is 1. The highest BCUT2D eigenvalue weighted by Crippen LogP contribution is 2.20. The Morgan fingerprint density at radius 1 is 1.29 bits per heavy atom. The van der Waals surface area contributed by atoms with Crippen LogP contribution in [0.1, 0.15) is 17.2 Å². The number of nitrogens with two attached hydrogens (primary N) is 1. The van der Waals surface area contributed by atoms with Crippen molar-refractivity contribution in [3.05, 3.63) is 63.3 Å². The summed E-state index contributed by atoms with van der Waals surface area (Å²) in [4.78, 5) is 4.11. The van der Waals surface area contributed by atoms with Crippen molar-refractivity contribution in [3.63, 3.8) is 0 Å². The highest BCUT2D eigenvalue weighted by Gasteiger charge is 2.08. The Bertz CT molecular complexity index is 516. The molecule has 1 atom stereocenters. The maximum Gasteiger partial charge on any atom is 0.0410 e. The molecule has 2 N–H and O–H groups in total. The molecule has 88 valence electrons. The van der Waals surface area contributed by atoms with Crippen LogP contribution in [-0.2, 0) is 6.42 Å². The molecule has 0 fully saturated rings. The molecule has 0 bridgehead atoms. The summed E-state index contributed by atoms with van der Waals surface area (Å²) >= 11 is 9.33. The van der Waals surface area contributed by atoms with Crippen molar-refractivity contribution in [1.29, 1.82) is 0 Å². The largest absolute Gasteiger partial charge is 0.324 e. The quantitative estimate of drug-likeness (QED) is 0.938. The molecule has 1 heterocycles. The average molecular weight is 312 g/mol. The minimum atomic E-state index is -0.0709. The Hall–Kier alpha value is -0.900. The van der Waals surface area contributed by atoms with Gasteiger partial charge in [0.25, 0.3) is 0 Å². The number of hydrogen-bond acceptors (Lipinski definition) is 2. The summed E-state index contributed by atoms with van der Waals surface area (Å²) in [5.41, 5.74) is 8.28. The van der Waals surface area contributed by atoms with Gasteiger partial charge in [-0.25, -0.2) is 0 Å². The van der Waals surface area contributed by atoms with Gasteiger partial charge in [0.05, 0.1) is 0 Å². The van der Waals surface area contributed by atoms with E-state index < -0.39 is 0 Å². The summed E-state index contributed by atoms with van der Waals surface area (Å²) in [7, 11) is 0. The molecule has 0 radical (unpaired) electrons. The molecule has 4 heteroatoms. The minimum Gasteiger partial charge on any atom is -0.324 e. The fraction of sp³-hybridized carbons (Fsp3) is 0.154. The van der Waals surface area contributed by atoms with Gasteiger partial charge in [0.15, 0.2) is 0 Å². The Morgan fingerprint density at radius 3 is 2.82 bits per heavy atom. The summed E-state index contributed by atoms with van der Waals surface area (Å²) in [6.07, 6.45) is 4.29. The van der Waals surface area contributed by atoms with Crippen molar-refractivity contribution in [2.24, 2.45) is 5.73 Å². The van der Waals surface area contributed by atoms with Crippen LogP contribution in [0.3, 0.4) is 0 Å². The van der Waals surface area contributed by atoms with Crippen LogP contribution in [0.15, 0.2) is 47.2 Å². The first kappa shape index (κ1) is 12.6. The lowest BCUT2D eigenvalue weighted by atomic mass is 10.0. The molecule has 2 rings (SSSR count). The van der Waals surface area contributed by atoms with Crippen LogP contribution in [0.5, 0.6) is 0 Å². The van der Waals surface area contributed by atoms with Crippen LogP contribution in [0.25, 0.3) is 0 Å². The third-order valence-corrected chi connectivity index (χ3v) is 3.17. The van der Waals surface area contributed by atoms with E-state index in [1.807, 2.05) is 30.3 Å². The molecule has 0 spiro atoms. The van der Waals surface area contributed by atoms with Crippen LogP contribution in [0.2, 0.25) is 5.02 Å². The predicted octanol–water partition coefficient (Wildman–Crippen LogP) is 3.74. The van der Waals surface area contributed by atoms with E-state index in [0.717, 1.165) is 27.0 Å². The van der Waals surface area contributed by atoms with Gasteiger partial charge in [-0.15, -0.1) is 0 Å². The smallest absolute Gasteiger partial charge is 0.0410 e. The molecule has 17 heavy (non-hydrogen) atoms. The fourth-order valence-electron chi connectivity index (χ4n) is 1.67. The molecule has 0 saturated carbocycles. The lowest BCUT2D eigenvalue weighted by Crippen LogP contribution is -2.13. The van der Waals surface area contributed by atoms with Gasteiger partial charge in [-0.2, -0.15) is 0 Å². The molecule has 0 amide bonds. The zero-order chi connectivity index (χ0) is 12.3. The molecule has 0 aliphatic rings. The van der Waals surface area contributed by atoms with Crippen molar-refractivity contribution in [1.82, 2.24) is 4.98 Å². The van der Waals surface area contributed by atoms with E-state index >= 15 is 0 Å². The lowest BCUT2D eigenvalue weighted by molar-refractivity contribution is 0.717. The zero-order valence-electron chi connectivity index (χ0n) is 9.11. The van der Waals surface area contributed by atoms with Crippen LogP contribution in [-0.4, -0.2) is 4.98 Å². The highest BCUT2D eigenvalue weighted by atomic mass is 79.9. The molecule has 1 unspecified atom stereocenters. The van der Waals surface area contributed by atoms with E-state index in [1.54, 1.807) is 12.4 Å². The van der Waals surface area contributed by atoms with Gasteiger partial charge in [-0.1, -0.05) is 23.7 Å². The second-order valence-corrected chi connectivity index (χ2v) is 5.23. The molecule has 2 aromatic rings. The normalized spacial score (nSPS) is 12.4. The summed E-state index contributed by atoms with van der Waals surface area (Å²) in [5.74, 6) is 0. The van der Waals surface area contributed by atoms with Crippen LogP contribution in [0.4, 0.5) is 0 Å². The molecule has 0 aliphatic heterocycles. The Kier molecular flexibility index (Phi) is 4.15. The Morgan fingerprint density at radius 2 is 2.12 bits per heavy atom. The van der Waals surface area contributed by atoms with Gasteiger partial charge in [-0.3, -0.25) is 4.98 Å². The summed E-state index contributed by atoms with van der Waals surface area (Å²) in [6.45, 7) is 0. The van der Waals surface area contributed by atoms with Gasteiger partial charge < -0.3 is 5.73 Å². The van der Waals surface area contributed by atoms with Crippen molar-refractivity contribution in [2.45, 2.75) is 12.5 Å². The van der Waals surface area contributed by atoms with Gasteiger partial charge in [-0.05, 0) is 51.7 Å². The topological polar surface area (TPSA) is 38.9 Å². The van der Waals surface area contributed by atoms with Gasteiger partial charge in [0, 0.05) is 27.9 Å². The van der Waals surface area contributed by atoms with E-state index in [0.29, 0.717) is 0 Å². The van der Waals surface area contributed by atoms with Crippen LogP contribution >= 0.6 is 27.5 Å². The second kappa shape index (κ2) is 5.63. The van der Waals surface area contributed by atoms with Crippen molar-refractivity contribution < 1.29 is 0 Å². The maximum atomic E-state index is 6.14. The maximum absolute atomic E-state index is 6.14. The fourth-order valence-corrected chi connectivity index (χ4v) is 2.26. The molecule has 0 aliphatic carbocycles. The number of aromatic nitrogens is 1. The summed E-state index contributed by atoms with van der Waals surface area (Å²) < 4.78 is 0.941. The second-order valence-electron chi connectivity index (χ2n) is 3.88. The predicted molar refractivity (Wildman–Crippen MR) is 74.0 cm³/mol. The van der Waals surface area contributed by atoms with Crippen molar-refractivity contribution >= 4 is 27.5 Å². The molecule has 2 nitrogen and oxygen atoms in total. The van der Waals surface area contributed by atoms with Crippen LogP contribution in [0, 0.1) is 0 Å². The summed E-state index contributed by atoms with van der Waals surface area (Å²) in [5, 5.41) is 0.738. The van der Waals surface area contributed by atoms with Gasteiger partial charge in [0.1, 0.15) is 0 Å². The standard InChI is InChI=1S/C13H12BrClN2/c14-11-6-10(7-17-8-11)13(16)5-9-2-1-3-12(15)4-9/h1-4,6-8,13H,5,16H2. The minimum absolute atomic E-state index is 0.0709. The molecule has 1 aromatic heterocycles. The van der Waals surface area contributed by atoms with Crippen molar-refractivity contribution in [2.75, 3.05) is 0 Å². The first-order valence-electron chi connectivity index (χ1n) is 5.25. The number of hydrogen-bond donors (Lipinski definition) is 1. The summed E-state index contributed by atoms with van der Waals surface area (Å²) in [6, 6.07) is 9.67. The van der Waals surface area contributed by atoms with E-state index in [9.17, 15) is 0 Å². The number of rotatable bonds is 3. The number of nitrogens with zero attached hydrogens (tertiary/aromatic N) is 1. The van der Waals surface area contributed by atoms with Gasteiger partial charge >= 0.3 is 0 Å². The third kappa shape index (κ3) is 3.53. The van der Waals surface area contributed by atoms with E-state index in [4.69, 9.17) is 17.3 Å². The zero-order valence-corrected chi connectivity index (χ0v) is 11.4. The number of benzene rings is 1. The monoisotopic (exact) mass is 310 g/mol. The van der Waals surface area contributed by atoms with Crippen molar-refractivity contribution in [3.8, 4) is 0 Å². The molecular formula is C13H12BrClN2. The highest BCUT2D eigenvalue weighted by molar-refractivity contribution is 9.10. The van der Waals surface area contributed by atoms with E-state index in [2.05, 4.69) is 20.9 Å². The lowest BCUT2D eigenvalue weighted by Gasteiger charge is -2.12. The average Bonchev–Trinajstić information content (AvgIpc) is 2.29. The Balaban J connectivity index is 2.14. The van der Waals surface area contributed by atoms with E-state index in [-0.39, 0.29) is 6.04 Å². The Labute approximate surface area is 114 Å². The molecule has 1 aromatic carbocycles. The SMILES string of the molecule is NC(Cc1cccc(Cl)c1)c1cncc(Br)c1. The first-order chi connectivity index (χ1) is 8.15. The molecular weight excluding hydrogens is 300 g/mol. The first-order valence-corrected chi connectivity index (χ1v) is 6.43. The van der Waals surface area contributed by atoms with Crippen LogP contribution < -0.4 is 5.73 Å². The van der Waals surface area contributed by atoms with Gasteiger partial charge in [0.2, 0.25) is 0 Å².